The summed E-state index contributed by atoms with van der Waals surface area (Å²) in [6.45, 7) is 1.93. The number of fused-ring (bicyclic) bond motifs is 1. The molecule has 3 N–H and O–H groups in total. The van der Waals surface area contributed by atoms with Gasteiger partial charge in [-0.3, -0.25) is 4.79 Å². The SMILES string of the molecule is Cc1ccc(-c2ccnc3nc(CC(=O)O)nn23)cc1N. The fraction of sp³-hybridized carbons (Fsp3) is 0.143. The smallest absolute Gasteiger partial charge is 0.311 e. The Bertz CT molecular complexity index is 840. The molecule has 0 saturated carbocycles. The lowest BCUT2D eigenvalue weighted by atomic mass is 10.1. The lowest BCUT2D eigenvalue weighted by molar-refractivity contribution is -0.136. The van der Waals surface area contributed by atoms with Gasteiger partial charge in [0.15, 0.2) is 5.82 Å². The summed E-state index contributed by atoms with van der Waals surface area (Å²) in [6, 6.07) is 7.49. The molecule has 0 atom stereocenters. The number of carbonyl (C=O) groups is 1. The van der Waals surface area contributed by atoms with Gasteiger partial charge in [0.1, 0.15) is 6.42 Å². The molecule has 106 valence electrons. The van der Waals surface area contributed by atoms with Crippen LogP contribution in [0.2, 0.25) is 0 Å². The molecule has 3 aromatic rings. The number of nitrogens with zero attached hydrogens (tertiary/aromatic N) is 4. The van der Waals surface area contributed by atoms with Gasteiger partial charge in [-0.1, -0.05) is 12.1 Å². The molecule has 0 spiro atoms. The van der Waals surface area contributed by atoms with Crippen LogP contribution in [0.3, 0.4) is 0 Å². The van der Waals surface area contributed by atoms with E-state index in [0.717, 1.165) is 16.8 Å². The molecular formula is C14H13N5O2. The highest BCUT2D eigenvalue weighted by Gasteiger charge is 2.12. The van der Waals surface area contributed by atoms with Gasteiger partial charge in [0.2, 0.25) is 0 Å². The summed E-state index contributed by atoms with van der Waals surface area (Å²) >= 11 is 0. The van der Waals surface area contributed by atoms with Gasteiger partial charge >= 0.3 is 5.97 Å². The molecule has 0 unspecified atom stereocenters. The zero-order valence-corrected chi connectivity index (χ0v) is 11.3. The van der Waals surface area contributed by atoms with Crippen molar-refractivity contribution in [2.24, 2.45) is 0 Å². The van der Waals surface area contributed by atoms with Gasteiger partial charge in [-0.2, -0.15) is 9.50 Å². The second-order valence-electron chi connectivity index (χ2n) is 4.71. The van der Waals surface area contributed by atoms with E-state index in [1.165, 1.54) is 4.52 Å². The molecule has 0 aliphatic heterocycles. The van der Waals surface area contributed by atoms with Gasteiger partial charge in [0, 0.05) is 17.4 Å². The van der Waals surface area contributed by atoms with Crippen molar-refractivity contribution < 1.29 is 9.90 Å². The van der Waals surface area contributed by atoms with E-state index in [4.69, 9.17) is 10.8 Å². The predicted octanol–water partition coefficient (Wildman–Crippen LogP) is 1.31. The quantitative estimate of drug-likeness (QED) is 0.702. The maximum absolute atomic E-state index is 10.8. The third-order valence-electron chi connectivity index (χ3n) is 3.17. The lowest BCUT2D eigenvalue weighted by Gasteiger charge is -2.06. The summed E-state index contributed by atoms with van der Waals surface area (Å²) in [7, 11) is 0. The van der Waals surface area contributed by atoms with Crippen LogP contribution in [0.4, 0.5) is 5.69 Å². The van der Waals surface area contributed by atoms with Gasteiger partial charge in [0.05, 0.1) is 5.69 Å². The normalized spacial score (nSPS) is 10.9. The van der Waals surface area contributed by atoms with E-state index in [1.807, 2.05) is 25.1 Å². The summed E-state index contributed by atoms with van der Waals surface area (Å²) in [5.74, 6) is -0.391. The number of nitrogen functional groups attached to an aromatic ring is 1. The highest BCUT2D eigenvalue weighted by molar-refractivity contribution is 5.70. The van der Waals surface area contributed by atoms with Crippen LogP contribution >= 0.6 is 0 Å². The summed E-state index contributed by atoms with van der Waals surface area (Å²) in [5, 5.41) is 13.0. The van der Waals surface area contributed by atoms with Crippen LogP contribution in [0, 0.1) is 6.92 Å². The fourth-order valence-electron chi connectivity index (χ4n) is 2.06. The molecular weight excluding hydrogens is 270 g/mol. The van der Waals surface area contributed by atoms with E-state index in [0.29, 0.717) is 11.5 Å². The maximum Gasteiger partial charge on any atom is 0.311 e. The number of aryl methyl sites for hydroxylation is 1. The standard InChI is InChI=1S/C14H13N5O2/c1-8-2-3-9(6-10(8)15)11-4-5-16-14-17-12(7-13(20)21)18-19(11)14/h2-6H,7,15H2,1H3,(H,20,21). The van der Waals surface area contributed by atoms with Crippen LogP contribution in [0.5, 0.6) is 0 Å². The van der Waals surface area contributed by atoms with Gasteiger partial charge in [0.25, 0.3) is 5.78 Å². The molecule has 7 heteroatoms. The number of nitrogens with two attached hydrogens (primary N) is 1. The van der Waals surface area contributed by atoms with Crippen molar-refractivity contribution in [3.05, 3.63) is 41.9 Å². The van der Waals surface area contributed by atoms with Crippen LogP contribution < -0.4 is 5.73 Å². The minimum Gasteiger partial charge on any atom is -0.481 e. The zero-order valence-electron chi connectivity index (χ0n) is 11.3. The Morgan fingerprint density at radius 1 is 1.38 bits per heavy atom. The first-order chi connectivity index (χ1) is 10.0. The summed E-state index contributed by atoms with van der Waals surface area (Å²) in [5.41, 5.74) is 9.25. The molecule has 2 aromatic heterocycles. The number of hydrogen-bond acceptors (Lipinski definition) is 5. The number of carboxylic acid groups (broad SMARTS) is 1. The Balaban J connectivity index is 2.15. The molecule has 0 aliphatic rings. The first-order valence-electron chi connectivity index (χ1n) is 6.33. The van der Waals surface area contributed by atoms with Crippen molar-refractivity contribution in [3.63, 3.8) is 0 Å². The van der Waals surface area contributed by atoms with Crippen molar-refractivity contribution in [3.8, 4) is 11.3 Å². The van der Waals surface area contributed by atoms with Crippen molar-refractivity contribution in [1.82, 2.24) is 19.6 Å². The molecule has 7 nitrogen and oxygen atoms in total. The Labute approximate surface area is 120 Å². The number of aliphatic carboxylic acids is 1. The second kappa shape index (κ2) is 4.86. The number of aromatic nitrogens is 4. The van der Waals surface area contributed by atoms with Crippen molar-refractivity contribution >= 4 is 17.4 Å². The van der Waals surface area contributed by atoms with Crippen LogP contribution in [0.25, 0.3) is 17.0 Å². The van der Waals surface area contributed by atoms with E-state index in [2.05, 4.69) is 15.1 Å². The van der Waals surface area contributed by atoms with Crippen LogP contribution in [0.1, 0.15) is 11.4 Å². The van der Waals surface area contributed by atoms with Gasteiger partial charge in [-0.15, -0.1) is 5.10 Å². The number of anilines is 1. The molecule has 0 aliphatic carbocycles. The Kier molecular flexibility index (Phi) is 3.02. The first kappa shape index (κ1) is 13.0. The van der Waals surface area contributed by atoms with E-state index in [9.17, 15) is 4.79 Å². The third-order valence-corrected chi connectivity index (χ3v) is 3.17. The zero-order chi connectivity index (χ0) is 15.0. The summed E-state index contributed by atoms with van der Waals surface area (Å²) in [4.78, 5) is 19.0. The third kappa shape index (κ3) is 2.40. The van der Waals surface area contributed by atoms with E-state index in [1.54, 1.807) is 12.3 Å². The molecule has 0 fully saturated rings. The summed E-state index contributed by atoms with van der Waals surface area (Å²) < 4.78 is 1.53. The Morgan fingerprint density at radius 2 is 2.19 bits per heavy atom. The maximum atomic E-state index is 10.8. The molecule has 21 heavy (non-hydrogen) atoms. The average molecular weight is 283 g/mol. The minimum absolute atomic E-state index is 0.225. The largest absolute Gasteiger partial charge is 0.481 e. The number of rotatable bonds is 3. The van der Waals surface area contributed by atoms with Gasteiger partial charge in [-0.25, -0.2) is 4.98 Å². The average Bonchev–Trinajstić information content (AvgIpc) is 2.83. The van der Waals surface area contributed by atoms with Crippen LogP contribution in [-0.2, 0) is 11.2 Å². The van der Waals surface area contributed by atoms with E-state index in [-0.39, 0.29) is 12.2 Å². The second-order valence-corrected chi connectivity index (χ2v) is 4.71. The minimum atomic E-state index is -0.980. The monoisotopic (exact) mass is 283 g/mol. The lowest BCUT2D eigenvalue weighted by Crippen LogP contribution is -2.02. The highest BCUT2D eigenvalue weighted by atomic mass is 16.4. The molecule has 2 heterocycles. The van der Waals surface area contributed by atoms with Crippen LogP contribution in [-0.4, -0.2) is 30.7 Å². The molecule has 3 rings (SSSR count). The number of hydrogen-bond donors (Lipinski definition) is 2. The summed E-state index contributed by atoms with van der Waals surface area (Å²) in [6.07, 6.45) is 1.37. The van der Waals surface area contributed by atoms with Crippen molar-refractivity contribution in [2.75, 3.05) is 5.73 Å². The molecule has 1 aromatic carbocycles. The number of carboxylic acids is 1. The number of benzene rings is 1. The Morgan fingerprint density at radius 3 is 2.90 bits per heavy atom. The van der Waals surface area contributed by atoms with E-state index >= 15 is 0 Å². The molecule has 0 bridgehead atoms. The van der Waals surface area contributed by atoms with Crippen LogP contribution in [0.15, 0.2) is 30.5 Å². The van der Waals surface area contributed by atoms with Gasteiger partial charge in [-0.05, 0) is 24.6 Å². The fourth-order valence-corrected chi connectivity index (χ4v) is 2.06. The van der Waals surface area contributed by atoms with Crippen molar-refractivity contribution in [2.45, 2.75) is 13.3 Å². The molecule has 0 amide bonds. The molecule has 0 radical (unpaired) electrons. The predicted molar refractivity (Wildman–Crippen MR) is 76.7 cm³/mol. The van der Waals surface area contributed by atoms with Gasteiger partial charge < -0.3 is 10.8 Å². The first-order valence-corrected chi connectivity index (χ1v) is 6.33. The Hall–Kier alpha value is -2.96. The highest BCUT2D eigenvalue weighted by Crippen LogP contribution is 2.23. The van der Waals surface area contributed by atoms with Crippen molar-refractivity contribution in [1.29, 1.82) is 0 Å². The topological polar surface area (TPSA) is 106 Å². The van der Waals surface area contributed by atoms with E-state index < -0.39 is 5.97 Å². The molecule has 0 saturated heterocycles.